The second-order valence-electron chi connectivity index (χ2n) is 5.07. The minimum atomic E-state index is -1.13. The Morgan fingerprint density at radius 2 is 1.79 bits per heavy atom. The van der Waals surface area contributed by atoms with Crippen LogP contribution in [-0.2, 0) is 6.54 Å². The lowest BCUT2D eigenvalue weighted by atomic mass is 10.0. The number of nitrogens with one attached hydrogen (secondary N) is 1. The van der Waals surface area contributed by atoms with E-state index < -0.39 is 11.9 Å². The monoisotopic (exact) mass is 322 g/mol. The van der Waals surface area contributed by atoms with E-state index in [0.29, 0.717) is 11.1 Å². The molecule has 0 fully saturated rings. The summed E-state index contributed by atoms with van der Waals surface area (Å²) in [6, 6.07) is 12.5. The third kappa shape index (κ3) is 3.65. The van der Waals surface area contributed by atoms with Gasteiger partial charge in [0.15, 0.2) is 5.78 Å². The van der Waals surface area contributed by atoms with Crippen molar-refractivity contribution in [2.75, 3.05) is 0 Å². The van der Waals surface area contributed by atoms with Crippen molar-refractivity contribution in [3.8, 4) is 6.07 Å². The van der Waals surface area contributed by atoms with Crippen molar-refractivity contribution < 1.29 is 19.5 Å². The van der Waals surface area contributed by atoms with E-state index in [1.807, 2.05) is 6.07 Å². The van der Waals surface area contributed by atoms with Crippen molar-refractivity contribution in [3.05, 3.63) is 70.3 Å². The molecule has 2 aromatic rings. The highest BCUT2D eigenvalue weighted by Gasteiger charge is 2.14. The molecule has 0 radical (unpaired) electrons. The summed E-state index contributed by atoms with van der Waals surface area (Å²) in [5.74, 6) is -1.78. The largest absolute Gasteiger partial charge is 0.478 e. The van der Waals surface area contributed by atoms with Crippen LogP contribution in [-0.4, -0.2) is 22.8 Å². The normalized spacial score (nSPS) is 9.83. The topological polar surface area (TPSA) is 107 Å². The minimum Gasteiger partial charge on any atom is -0.478 e. The number of hydrogen-bond acceptors (Lipinski definition) is 4. The SMILES string of the molecule is CC(=O)c1ccccc1C(=O)NCc1ccc(C(=O)O)cc1C#N. The fraction of sp³-hybridized carbons (Fsp3) is 0.111. The number of hydrogen-bond donors (Lipinski definition) is 2. The van der Waals surface area contributed by atoms with Crippen molar-refractivity contribution in [3.63, 3.8) is 0 Å². The van der Waals surface area contributed by atoms with E-state index in [1.165, 1.54) is 25.1 Å². The summed E-state index contributed by atoms with van der Waals surface area (Å²) in [7, 11) is 0. The number of rotatable bonds is 5. The molecule has 0 unspecified atom stereocenters. The average Bonchev–Trinajstić information content (AvgIpc) is 2.59. The van der Waals surface area contributed by atoms with E-state index in [2.05, 4.69) is 5.32 Å². The van der Waals surface area contributed by atoms with Crippen LogP contribution in [0.3, 0.4) is 0 Å². The first-order valence-corrected chi connectivity index (χ1v) is 7.08. The Kier molecular flexibility index (Phi) is 5.07. The maximum atomic E-state index is 12.3. The van der Waals surface area contributed by atoms with Gasteiger partial charge < -0.3 is 10.4 Å². The van der Waals surface area contributed by atoms with Crippen LogP contribution in [0.5, 0.6) is 0 Å². The average molecular weight is 322 g/mol. The lowest BCUT2D eigenvalue weighted by molar-refractivity contribution is 0.0696. The van der Waals surface area contributed by atoms with E-state index in [1.54, 1.807) is 24.3 Å². The number of nitrogens with zero attached hydrogens (tertiary/aromatic N) is 1. The van der Waals surface area contributed by atoms with Gasteiger partial charge in [-0.2, -0.15) is 5.26 Å². The first kappa shape index (κ1) is 16.9. The number of carboxylic acids is 1. The zero-order valence-electron chi connectivity index (χ0n) is 12.9. The molecule has 0 aliphatic heterocycles. The molecule has 1 amide bonds. The molecule has 0 aliphatic rings. The van der Waals surface area contributed by atoms with Crippen molar-refractivity contribution >= 4 is 17.7 Å². The molecule has 0 heterocycles. The zero-order chi connectivity index (χ0) is 17.7. The molecule has 6 nitrogen and oxygen atoms in total. The molecule has 0 aromatic heterocycles. The van der Waals surface area contributed by atoms with E-state index >= 15 is 0 Å². The summed E-state index contributed by atoms with van der Waals surface area (Å²) in [4.78, 5) is 34.8. The van der Waals surface area contributed by atoms with Crippen LogP contribution in [0.4, 0.5) is 0 Å². The lowest BCUT2D eigenvalue weighted by Crippen LogP contribution is -2.25. The highest BCUT2D eigenvalue weighted by atomic mass is 16.4. The highest BCUT2D eigenvalue weighted by molar-refractivity contribution is 6.07. The summed E-state index contributed by atoms with van der Waals surface area (Å²) < 4.78 is 0. The van der Waals surface area contributed by atoms with Crippen molar-refractivity contribution in [2.24, 2.45) is 0 Å². The Hall–Kier alpha value is -3.46. The number of benzene rings is 2. The van der Waals surface area contributed by atoms with Crippen molar-refractivity contribution in [1.29, 1.82) is 5.26 Å². The fourth-order valence-electron chi connectivity index (χ4n) is 2.23. The highest BCUT2D eigenvalue weighted by Crippen LogP contribution is 2.13. The Morgan fingerprint density at radius 3 is 2.38 bits per heavy atom. The molecular formula is C18H14N2O4. The molecule has 24 heavy (non-hydrogen) atoms. The van der Waals surface area contributed by atoms with Gasteiger partial charge in [-0.1, -0.05) is 24.3 Å². The van der Waals surface area contributed by atoms with E-state index in [-0.39, 0.29) is 29.0 Å². The predicted octanol–water partition coefficient (Wildman–Crippen LogP) is 2.39. The molecule has 120 valence electrons. The lowest BCUT2D eigenvalue weighted by Gasteiger charge is -2.10. The first-order valence-electron chi connectivity index (χ1n) is 7.08. The number of aromatic carboxylic acids is 1. The minimum absolute atomic E-state index is 0.00329. The van der Waals surface area contributed by atoms with Crippen LogP contribution in [0.2, 0.25) is 0 Å². The van der Waals surface area contributed by atoms with Crippen LogP contribution < -0.4 is 5.32 Å². The molecule has 0 bridgehead atoms. The second kappa shape index (κ2) is 7.20. The number of Topliss-reactive ketones (excluding diaryl/α,β-unsaturated/α-hetero) is 1. The Balaban J connectivity index is 2.20. The smallest absolute Gasteiger partial charge is 0.335 e. The van der Waals surface area contributed by atoms with Crippen LogP contribution >= 0.6 is 0 Å². The summed E-state index contributed by atoms with van der Waals surface area (Å²) in [6.45, 7) is 1.43. The van der Waals surface area contributed by atoms with Crippen LogP contribution in [0.25, 0.3) is 0 Å². The van der Waals surface area contributed by atoms with Gasteiger partial charge in [0.05, 0.1) is 22.8 Å². The fourth-order valence-corrected chi connectivity index (χ4v) is 2.23. The summed E-state index contributed by atoms with van der Waals surface area (Å²) in [5, 5.41) is 20.7. The number of carbonyl (C=O) groups excluding carboxylic acids is 2. The molecular weight excluding hydrogens is 308 g/mol. The molecule has 0 saturated carbocycles. The number of nitriles is 1. The molecule has 2 aromatic carbocycles. The predicted molar refractivity (Wildman–Crippen MR) is 85.7 cm³/mol. The Morgan fingerprint density at radius 1 is 1.12 bits per heavy atom. The van der Waals surface area contributed by atoms with Gasteiger partial charge in [-0.05, 0) is 30.7 Å². The van der Waals surface area contributed by atoms with Crippen LogP contribution in [0, 0.1) is 11.3 Å². The molecule has 2 rings (SSSR count). The summed E-state index contributed by atoms with van der Waals surface area (Å²) in [5.41, 5.74) is 1.25. The molecule has 0 spiro atoms. The molecule has 0 saturated heterocycles. The van der Waals surface area contributed by atoms with Gasteiger partial charge >= 0.3 is 5.97 Å². The standard InChI is InChI=1S/C18H14N2O4/c1-11(21)15-4-2-3-5-16(15)17(22)20-10-13-7-6-12(18(23)24)8-14(13)9-19/h2-8H,10H2,1H3,(H,20,22)(H,23,24). The first-order chi connectivity index (χ1) is 11.4. The number of ketones is 1. The van der Waals surface area contributed by atoms with Gasteiger partial charge in [0.1, 0.15) is 0 Å². The van der Waals surface area contributed by atoms with Gasteiger partial charge in [0.2, 0.25) is 0 Å². The number of carboxylic acid groups (broad SMARTS) is 1. The Bertz CT molecular complexity index is 866. The third-order valence-electron chi connectivity index (χ3n) is 3.47. The second-order valence-corrected chi connectivity index (χ2v) is 5.07. The van der Waals surface area contributed by atoms with Gasteiger partial charge in [-0.15, -0.1) is 0 Å². The van der Waals surface area contributed by atoms with Crippen LogP contribution in [0.15, 0.2) is 42.5 Å². The molecule has 2 N–H and O–H groups in total. The van der Waals surface area contributed by atoms with Gasteiger partial charge in [0.25, 0.3) is 5.91 Å². The van der Waals surface area contributed by atoms with Gasteiger partial charge in [-0.25, -0.2) is 4.79 Å². The number of amides is 1. The quantitative estimate of drug-likeness (QED) is 0.822. The van der Waals surface area contributed by atoms with Gasteiger partial charge in [0, 0.05) is 12.1 Å². The third-order valence-corrected chi connectivity index (χ3v) is 3.47. The van der Waals surface area contributed by atoms with E-state index in [4.69, 9.17) is 10.4 Å². The van der Waals surface area contributed by atoms with Crippen molar-refractivity contribution in [2.45, 2.75) is 13.5 Å². The maximum absolute atomic E-state index is 12.3. The van der Waals surface area contributed by atoms with Crippen LogP contribution in [0.1, 0.15) is 49.1 Å². The Labute approximate surface area is 138 Å². The van der Waals surface area contributed by atoms with E-state index in [9.17, 15) is 14.4 Å². The summed E-state index contributed by atoms with van der Waals surface area (Å²) in [6.07, 6.45) is 0. The maximum Gasteiger partial charge on any atom is 0.335 e. The number of carbonyl (C=O) groups is 3. The molecule has 0 aliphatic carbocycles. The van der Waals surface area contributed by atoms with Crippen molar-refractivity contribution in [1.82, 2.24) is 5.32 Å². The molecule has 0 atom stereocenters. The summed E-state index contributed by atoms with van der Waals surface area (Å²) >= 11 is 0. The van der Waals surface area contributed by atoms with E-state index in [0.717, 1.165) is 0 Å². The zero-order valence-corrected chi connectivity index (χ0v) is 12.9. The van der Waals surface area contributed by atoms with Gasteiger partial charge in [-0.3, -0.25) is 9.59 Å². The molecule has 6 heteroatoms.